The highest BCUT2D eigenvalue weighted by Crippen LogP contribution is 2.68. The second kappa shape index (κ2) is 18.4. The SMILES string of the molecule is C[C@]1(COP(=O)(O)OP(=O)(O)OP(=O)(O)O)O[C@@H](n2ccc(=O)[nH]c2=O)[C@H](F)[C@@H]1O.C[C@]1(O)[C@H](n2cnc3c(=O)[nH]c(N)nc32)O[C@](F)(COP(=O)(O)OP(=O)(O)OP(=O)(O)O)[C@H]1F. The summed E-state index contributed by atoms with van der Waals surface area (Å²) < 4.78 is 146. The van der Waals surface area contributed by atoms with Gasteiger partial charge in [0.05, 0.1) is 12.9 Å². The Morgan fingerprint density at radius 1 is 0.812 bits per heavy atom. The van der Waals surface area contributed by atoms with Gasteiger partial charge in [-0.25, -0.2) is 50.3 Å². The van der Waals surface area contributed by atoms with Crippen molar-refractivity contribution >= 4 is 64.0 Å². The van der Waals surface area contributed by atoms with Gasteiger partial charge in [0, 0.05) is 12.3 Å². The molecule has 34 nitrogen and oxygen atoms in total. The second-order valence-corrected chi connectivity index (χ2v) is 21.9. The van der Waals surface area contributed by atoms with Gasteiger partial charge in [-0.05, 0) is 13.8 Å². The number of aromatic amines is 2. The molecule has 2 fully saturated rings. The van der Waals surface area contributed by atoms with Crippen LogP contribution < -0.4 is 22.5 Å². The number of phosphoric ester groups is 2. The number of phosphoric acid groups is 6. The predicted octanol–water partition coefficient (Wildman–Crippen LogP) is -1.80. The molecule has 64 heavy (non-hydrogen) atoms. The van der Waals surface area contributed by atoms with E-state index in [1.807, 2.05) is 4.98 Å². The first kappa shape index (κ1) is 53.9. The Morgan fingerprint density at radius 3 is 1.83 bits per heavy atom. The van der Waals surface area contributed by atoms with Crippen molar-refractivity contribution in [1.82, 2.24) is 29.1 Å². The van der Waals surface area contributed by atoms with Crippen LogP contribution in [0.15, 0.2) is 33.0 Å². The fraction of sp³-hybridized carbons (Fsp3) is 0.571. The van der Waals surface area contributed by atoms with E-state index in [1.165, 1.54) is 0 Å². The summed E-state index contributed by atoms with van der Waals surface area (Å²) in [5.41, 5.74) is -2.83. The van der Waals surface area contributed by atoms with Gasteiger partial charge in [-0.3, -0.25) is 37.7 Å². The van der Waals surface area contributed by atoms with Crippen LogP contribution in [0.1, 0.15) is 26.3 Å². The minimum Gasteiger partial charge on any atom is -0.387 e. The van der Waals surface area contributed by atoms with Gasteiger partial charge in [-0.1, -0.05) is 0 Å². The molecular weight excluding hydrogens is 1030 g/mol. The summed E-state index contributed by atoms with van der Waals surface area (Å²) >= 11 is 0. The van der Waals surface area contributed by atoms with Crippen LogP contribution in [0.5, 0.6) is 0 Å². The van der Waals surface area contributed by atoms with Crippen molar-refractivity contribution in [3.05, 3.63) is 49.8 Å². The van der Waals surface area contributed by atoms with Gasteiger partial charge in [-0.15, -0.1) is 0 Å². The van der Waals surface area contributed by atoms with Crippen molar-refractivity contribution in [2.45, 2.75) is 61.8 Å². The van der Waals surface area contributed by atoms with Crippen molar-refractivity contribution in [1.29, 1.82) is 0 Å². The zero-order valence-corrected chi connectivity index (χ0v) is 36.5. The van der Waals surface area contributed by atoms with E-state index in [2.05, 4.69) is 41.2 Å². The summed E-state index contributed by atoms with van der Waals surface area (Å²) in [6.07, 6.45) is -9.45. The second-order valence-electron chi connectivity index (χ2n) is 13.1. The van der Waals surface area contributed by atoms with Crippen LogP contribution in [0, 0.1) is 0 Å². The smallest absolute Gasteiger partial charge is 0.387 e. The molecule has 43 heteroatoms. The van der Waals surface area contributed by atoms with Gasteiger partial charge in [0.2, 0.25) is 5.95 Å². The summed E-state index contributed by atoms with van der Waals surface area (Å²) in [6.45, 7) is -1.26. The number of anilines is 1. The van der Waals surface area contributed by atoms with Crippen molar-refractivity contribution in [2.24, 2.45) is 0 Å². The van der Waals surface area contributed by atoms with E-state index >= 15 is 4.39 Å². The van der Waals surface area contributed by atoms with E-state index in [4.69, 9.17) is 44.6 Å². The third kappa shape index (κ3) is 13.2. The number of fused-ring (bicyclic) bond motifs is 1. The highest BCUT2D eigenvalue weighted by atomic mass is 31.3. The molecule has 5 rings (SSSR count). The molecule has 0 spiro atoms. The molecule has 4 unspecified atom stereocenters. The number of aliphatic hydroxyl groups excluding tert-OH is 1. The van der Waals surface area contributed by atoms with E-state index in [0.29, 0.717) is 4.57 Å². The number of H-pyrrole nitrogens is 2. The number of hydrogen-bond donors (Lipinski definition) is 13. The van der Waals surface area contributed by atoms with Gasteiger partial charge in [-0.2, -0.15) is 22.2 Å². The molecule has 0 radical (unpaired) electrons. The number of rotatable bonds is 16. The summed E-state index contributed by atoms with van der Waals surface area (Å²) in [4.78, 5) is 117. The number of ether oxygens (including phenoxy) is 2. The Balaban J connectivity index is 0.000000283. The molecule has 3 aromatic heterocycles. The normalized spacial score (nSPS) is 31.3. The van der Waals surface area contributed by atoms with E-state index in [1.54, 1.807) is 0 Å². The summed E-state index contributed by atoms with van der Waals surface area (Å²) in [5, 5.41) is 20.6. The van der Waals surface area contributed by atoms with E-state index in [-0.39, 0.29) is 11.2 Å². The van der Waals surface area contributed by atoms with Crippen LogP contribution in [0.4, 0.5) is 19.1 Å². The number of nitrogens with two attached hydrogens (primary N) is 1. The van der Waals surface area contributed by atoms with Crippen LogP contribution >= 0.6 is 46.9 Å². The molecule has 5 heterocycles. The molecule has 0 aromatic carbocycles. The summed E-state index contributed by atoms with van der Waals surface area (Å²) in [5.74, 6) is -4.13. The van der Waals surface area contributed by atoms with Gasteiger partial charge in [0.25, 0.3) is 17.0 Å². The maximum Gasteiger partial charge on any atom is 0.490 e. The van der Waals surface area contributed by atoms with Gasteiger partial charge in [0.1, 0.15) is 23.9 Å². The number of halogens is 3. The Kier molecular flexibility index (Phi) is 15.5. The first-order valence-electron chi connectivity index (χ1n) is 16.0. The van der Waals surface area contributed by atoms with Crippen LogP contribution in [-0.2, 0) is 63.2 Å². The first-order chi connectivity index (χ1) is 28.7. The Hall–Kier alpha value is -2.72. The zero-order chi connectivity index (χ0) is 49.0. The predicted molar refractivity (Wildman–Crippen MR) is 192 cm³/mol. The fourth-order valence-electron chi connectivity index (χ4n) is 5.33. The summed E-state index contributed by atoms with van der Waals surface area (Å²) in [6, 6.07) is 0.867. The van der Waals surface area contributed by atoms with Crippen molar-refractivity contribution in [2.75, 3.05) is 18.9 Å². The maximum absolute atomic E-state index is 15.2. The molecule has 2 aliphatic heterocycles. The van der Waals surface area contributed by atoms with Crippen LogP contribution in [0.2, 0.25) is 0 Å². The molecule has 0 bridgehead atoms. The molecule has 14 N–H and O–H groups in total. The minimum atomic E-state index is -5.92. The van der Waals surface area contributed by atoms with E-state index in [9.17, 15) is 70.6 Å². The van der Waals surface area contributed by atoms with E-state index < -0.39 is 131 Å². The Morgan fingerprint density at radius 2 is 1.33 bits per heavy atom. The van der Waals surface area contributed by atoms with E-state index in [0.717, 1.165) is 37.0 Å². The number of nitrogen functional groups attached to an aromatic ring is 1. The Bertz CT molecular complexity index is 2720. The third-order valence-corrected chi connectivity index (χ3v) is 15.5. The number of aromatic nitrogens is 6. The average molecular weight is 1060 g/mol. The zero-order valence-electron chi connectivity index (χ0n) is 31.1. The number of aliphatic hydroxyl groups is 2. The molecule has 2 saturated heterocycles. The van der Waals surface area contributed by atoms with Crippen molar-refractivity contribution in [3.63, 3.8) is 0 Å². The number of nitrogens with zero attached hydrogens (tertiary/aromatic N) is 4. The standard InChI is InChI=1S/C11H16F2N5O13P3.C10H16FN2O14P3/c1-10(20)7(12)11(13,2-28-33(24,25)31-34(26,27)30-32(21,22)23)29-8(10)18-3-15-4-5(18)16-9(14)17-6(4)19;1-10(4-24-29(20,21)27-30(22,23)26-28(17,18)19)7(15)6(11)8(25-10)13-3-2-5(14)12-9(13)16/h3,7-8,20H,2H2,1H3,(H,24,25)(H,26,27)(H2,21,22,23)(H3,14,16,17,19);2-3,6-8,15H,4H2,1H3,(H,20,21)(H,22,23)(H,12,14,16)(H2,17,18,19)/t7-,8+,10+,11+;6-,7+,8-,10-/m01/s1. The number of imidazole rings is 1. The number of hydrogen-bond acceptors (Lipinski definition) is 22. The fourth-order valence-corrected chi connectivity index (χ4v) is 11.5. The van der Waals surface area contributed by atoms with Crippen molar-refractivity contribution in [3.8, 4) is 0 Å². The largest absolute Gasteiger partial charge is 0.490 e. The summed E-state index contributed by atoms with van der Waals surface area (Å²) in [7, 11) is -34.4. The van der Waals surface area contributed by atoms with Crippen LogP contribution in [0.25, 0.3) is 11.2 Å². The maximum atomic E-state index is 15.2. The lowest BCUT2D eigenvalue weighted by Gasteiger charge is -2.27. The average Bonchev–Trinajstić information content (AvgIpc) is 3.66. The highest BCUT2D eigenvalue weighted by molar-refractivity contribution is 7.67. The highest BCUT2D eigenvalue weighted by Gasteiger charge is 2.65. The lowest BCUT2D eigenvalue weighted by molar-refractivity contribution is -0.193. The van der Waals surface area contributed by atoms with Crippen LogP contribution in [-0.4, -0.2) is 127 Å². The lowest BCUT2D eigenvalue weighted by atomic mass is 9.97. The molecule has 0 aliphatic carbocycles. The lowest BCUT2D eigenvalue weighted by Crippen LogP contribution is -2.46. The monoisotopic (exact) mass is 1060 g/mol. The third-order valence-electron chi connectivity index (χ3n) is 7.89. The van der Waals surface area contributed by atoms with Gasteiger partial charge >= 0.3 is 52.6 Å². The number of alkyl halides is 3. The number of nitrogens with one attached hydrogen (secondary N) is 2. The molecule has 2 aliphatic rings. The Labute approximate surface area is 349 Å². The molecule has 0 amide bonds. The molecule has 364 valence electrons. The molecular formula is C21H32F3N7O27P6. The first-order valence-corrected chi connectivity index (χ1v) is 25.1. The molecule has 3 aromatic rings. The minimum absolute atomic E-state index is 0.339. The van der Waals surface area contributed by atoms with Crippen LogP contribution in [0.3, 0.4) is 0 Å². The van der Waals surface area contributed by atoms with Crippen molar-refractivity contribution < 1.29 is 126 Å². The van der Waals surface area contributed by atoms with Gasteiger partial charge < -0.3 is 64.6 Å². The van der Waals surface area contributed by atoms with Gasteiger partial charge in [0.15, 0.2) is 36.0 Å². The topological polar surface area (TPSA) is 523 Å². The quantitative estimate of drug-likeness (QED) is 0.0704. The molecule has 0 saturated carbocycles. The molecule has 12 atom stereocenters.